The molecule has 0 aliphatic carbocycles. The molecule has 0 fully saturated rings. The summed E-state index contributed by atoms with van der Waals surface area (Å²) < 4.78 is 25.3. The Morgan fingerprint density at radius 3 is 2.38 bits per heavy atom. The molecule has 5 nitrogen and oxygen atoms in total. The molecule has 0 unspecified atom stereocenters. The van der Waals surface area contributed by atoms with Crippen molar-refractivity contribution < 1.29 is 8.42 Å². The second-order valence-electron chi connectivity index (χ2n) is 4.42. The molecule has 2 N–H and O–H groups in total. The molecule has 0 aliphatic rings. The van der Waals surface area contributed by atoms with Crippen LogP contribution in [-0.4, -0.2) is 23.2 Å². The number of hydrogen-bond donors (Lipinski definition) is 1. The molecule has 0 aromatic carbocycles. The van der Waals surface area contributed by atoms with Crippen molar-refractivity contribution in [3.8, 4) is 0 Å². The maximum Gasteiger partial charge on any atom is 0.159 e. The van der Waals surface area contributed by atoms with E-state index in [4.69, 9.17) is 5.73 Å². The van der Waals surface area contributed by atoms with Gasteiger partial charge in [0.2, 0.25) is 0 Å². The van der Waals surface area contributed by atoms with Crippen molar-refractivity contribution in [2.24, 2.45) is 0 Å². The Morgan fingerprint density at radius 1 is 1.38 bits per heavy atom. The zero-order chi connectivity index (χ0) is 12.5. The van der Waals surface area contributed by atoms with Crippen LogP contribution in [0.5, 0.6) is 0 Å². The SMILES string of the molecule is CC(C)n1c(N)cnc1CS(=O)(=O)C(C)C. The van der Waals surface area contributed by atoms with Gasteiger partial charge in [0.1, 0.15) is 17.4 Å². The molecule has 0 bridgehead atoms. The summed E-state index contributed by atoms with van der Waals surface area (Å²) >= 11 is 0. The lowest BCUT2D eigenvalue weighted by Crippen LogP contribution is -2.20. The van der Waals surface area contributed by atoms with Gasteiger partial charge < -0.3 is 10.3 Å². The molecule has 0 atom stereocenters. The van der Waals surface area contributed by atoms with Crippen molar-refractivity contribution in [2.75, 3.05) is 5.73 Å². The largest absolute Gasteiger partial charge is 0.384 e. The molecule has 1 aromatic heterocycles. The molecule has 6 heteroatoms. The minimum Gasteiger partial charge on any atom is -0.384 e. The molecule has 0 aliphatic heterocycles. The molecule has 0 radical (unpaired) electrons. The number of imidazole rings is 1. The molecule has 0 saturated carbocycles. The summed E-state index contributed by atoms with van der Waals surface area (Å²) in [5.74, 6) is 0.963. The highest BCUT2D eigenvalue weighted by Crippen LogP contribution is 2.18. The predicted octanol–water partition coefficient (Wildman–Crippen LogP) is 1.37. The van der Waals surface area contributed by atoms with Crippen LogP contribution >= 0.6 is 0 Å². The first-order valence-corrected chi connectivity index (χ1v) is 7.00. The summed E-state index contributed by atoms with van der Waals surface area (Å²) in [6, 6.07) is 0.111. The Morgan fingerprint density at radius 2 is 1.94 bits per heavy atom. The Bertz CT molecular complexity index is 460. The maximum absolute atomic E-state index is 11.8. The van der Waals surface area contributed by atoms with Crippen molar-refractivity contribution in [3.63, 3.8) is 0 Å². The summed E-state index contributed by atoms with van der Waals surface area (Å²) in [5.41, 5.74) is 5.74. The van der Waals surface area contributed by atoms with Crippen molar-refractivity contribution in [1.82, 2.24) is 9.55 Å². The number of nitrogen functional groups attached to an aromatic ring is 1. The highest BCUT2D eigenvalue weighted by molar-refractivity contribution is 7.91. The topological polar surface area (TPSA) is 78.0 Å². The molecule has 0 spiro atoms. The second kappa shape index (κ2) is 4.45. The van der Waals surface area contributed by atoms with Gasteiger partial charge in [0.05, 0.1) is 11.4 Å². The van der Waals surface area contributed by atoms with Crippen molar-refractivity contribution in [2.45, 2.75) is 44.7 Å². The van der Waals surface area contributed by atoms with Crippen LogP contribution in [0.3, 0.4) is 0 Å². The minimum absolute atomic E-state index is 0.0555. The van der Waals surface area contributed by atoms with Gasteiger partial charge in [0, 0.05) is 6.04 Å². The number of sulfone groups is 1. The van der Waals surface area contributed by atoms with Crippen LogP contribution in [0.1, 0.15) is 39.6 Å². The lowest BCUT2D eigenvalue weighted by atomic mass is 10.4. The average molecular weight is 245 g/mol. The van der Waals surface area contributed by atoms with Gasteiger partial charge in [-0.2, -0.15) is 0 Å². The van der Waals surface area contributed by atoms with E-state index < -0.39 is 15.1 Å². The Kier molecular flexibility index (Phi) is 3.62. The zero-order valence-corrected chi connectivity index (χ0v) is 11.0. The van der Waals surface area contributed by atoms with Crippen LogP contribution < -0.4 is 5.73 Å². The molecule has 0 saturated heterocycles. The molecular weight excluding hydrogens is 226 g/mol. The molecular formula is C10H19N3O2S. The first-order chi connectivity index (χ1) is 7.25. The van der Waals surface area contributed by atoms with E-state index in [1.54, 1.807) is 18.4 Å². The molecule has 92 valence electrons. The average Bonchev–Trinajstić information content (AvgIpc) is 2.45. The van der Waals surface area contributed by atoms with Gasteiger partial charge in [-0.1, -0.05) is 0 Å². The van der Waals surface area contributed by atoms with Gasteiger partial charge >= 0.3 is 0 Å². The standard InChI is InChI=1S/C10H19N3O2S/c1-7(2)13-9(11)5-12-10(13)6-16(14,15)8(3)4/h5,7-8H,6,11H2,1-4H3. The predicted molar refractivity (Wildman–Crippen MR) is 64.8 cm³/mol. The Hall–Kier alpha value is -1.04. The van der Waals surface area contributed by atoms with E-state index in [9.17, 15) is 8.42 Å². The Balaban J connectivity index is 3.08. The maximum atomic E-state index is 11.8. The third kappa shape index (κ3) is 2.55. The number of hydrogen-bond acceptors (Lipinski definition) is 4. The van der Waals surface area contributed by atoms with Crippen molar-refractivity contribution >= 4 is 15.7 Å². The molecule has 1 rings (SSSR count). The smallest absolute Gasteiger partial charge is 0.159 e. The van der Waals surface area contributed by atoms with Gasteiger partial charge in [0.25, 0.3) is 0 Å². The van der Waals surface area contributed by atoms with Gasteiger partial charge in [-0.05, 0) is 27.7 Å². The van der Waals surface area contributed by atoms with Gasteiger partial charge in [0.15, 0.2) is 9.84 Å². The van der Waals surface area contributed by atoms with E-state index in [0.717, 1.165) is 0 Å². The van der Waals surface area contributed by atoms with Crippen LogP contribution in [0.25, 0.3) is 0 Å². The number of anilines is 1. The Labute approximate surface area is 96.6 Å². The summed E-state index contributed by atoms with van der Waals surface area (Å²) in [5, 5.41) is -0.397. The lowest BCUT2D eigenvalue weighted by molar-refractivity contribution is 0.566. The van der Waals surface area contributed by atoms with Crippen molar-refractivity contribution in [3.05, 3.63) is 12.0 Å². The number of nitrogens with zero attached hydrogens (tertiary/aromatic N) is 2. The fourth-order valence-electron chi connectivity index (χ4n) is 1.46. The van der Waals surface area contributed by atoms with Crippen molar-refractivity contribution in [1.29, 1.82) is 0 Å². The molecule has 1 heterocycles. The monoisotopic (exact) mass is 245 g/mol. The fraction of sp³-hybridized carbons (Fsp3) is 0.700. The highest BCUT2D eigenvalue weighted by Gasteiger charge is 2.21. The first-order valence-electron chi connectivity index (χ1n) is 5.29. The van der Waals surface area contributed by atoms with Crippen LogP contribution in [-0.2, 0) is 15.6 Å². The number of rotatable bonds is 4. The minimum atomic E-state index is -3.13. The van der Waals surface area contributed by atoms with Gasteiger partial charge in [-0.15, -0.1) is 0 Å². The number of aromatic nitrogens is 2. The van der Waals surface area contributed by atoms with Crippen LogP contribution in [0.2, 0.25) is 0 Å². The zero-order valence-electron chi connectivity index (χ0n) is 10.1. The van der Waals surface area contributed by atoms with E-state index in [-0.39, 0.29) is 11.8 Å². The normalized spacial score (nSPS) is 12.6. The van der Waals surface area contributed by atoms with E-state index in [1.807, 2.05) is 13.8 Å². The number of nitrogens with two attached hydrogens (primary N) is 1. The summed E-state index contributed by atoms with van der Waals surface area (Å²) in [7, 11) is -3.13. The molecule has 1 aromatic rings. The summed E-state index contributed by atoms with van der Waals surface area (Å²) in [6.07, 6.45) is 1.51. The summed E-state index contributed by atoms with van der Waals surface area (Å²) in [4.78, 5) is 4.06. The van der Waals surface area contributed by atoms with Crippen LogP contribution in [0.4, 0.5) is 5.82 Å². The molecule has 16 heavy (non-hydrogen) atoms. The third-order valence-corrected chi connectivity index (χ3v) is 4.56. The van der Waals surface area contributed by atoms with E-state index in [2.05, 4.69) is 4.98 Å². The van der Waals surface area contributed by atoms with Crippen LogP contribution in [0, 0.1) is 0 Å². The van der Waals surface area contributed by atoms with Gasteiger partial charge in [-0.25, -0.2) is 13.4 Å². The molecule has 0 amide bonds. The first kappa shape index (κ1) is 13.0. The highest BCUT2D eigenvalue weighted by atomic mass is 32.2. The van der Waals surface area contributed by atoms with Crippen LogP contribution in [0.15, 0.2) is 6.20 Å². The van der Waals surface area contributed by atoms with E-state index >= 15 is 0 Å². The second-order valence-corrected chi connectivity index (χ2v) is 6.98. The summed E-state index contributed by atoms with van der Waals surface area (Å²) in [6.45, 7) is 7.23. The fourth-order valence-corrected chi connectivity index (χ4v) is 2.37. The van der Waals surface area contributed by atoms with E-state index in [1.165, 1.54) is 6.20 Å². The van der Waals surface area contributed by atoms with Gasteiger partial charge in [-0.3, -0.25) is 0 Å². The quantitative estimate of drug-likeness (QED) is 0.869. The van der Waals surface area contributed by atoms with E-state index in [0.29, 0.717) is 11.6 Å². The lowest BCUT2D eigenvalue weighted by Gasteiger charge is -2.14. The third-order valence-electron chi connectivity index (χ3n) is 2.47.